The lowest BCUT2D eigenvalue weighted by Gasteiger charge is -2.26. The average molecular weight is 575 g/mol. The zero-order valence-electron chi connectivity index (χ0n) is 23.5. The average Bonchev–Trinajstić information content (AvgIpc) is 3.58. The first-order valence-electron chi connectivity index (χ1n) is 14.0. The van der Waals surface area contributed by atoms with E-state index in [4.69, 9.17) is 0 Å². The van der Waals surface area contributed by atoms with Crippen molar-refractivity contribution in [3.05, 3.63) is 82.4 Å². The van der Waals surface area contributed by atoms with Crippen LogP contribution in [0.3, 0.4) is 0 Å². The van der Waals surface area contributed by atoms with Gasteiger partial charge in [-0.1, -0.05) is 25.1 Å². The molecule has 0 radical (unpaired) electrons. The number of benzene rings is 1. The van der Waals surface area contributed by atoms with Gasteiger partial charge in [0, 0.05) is 50.4 Å². The van der Waals surface area contributed by atoms with Crippen LogP contribution in [0.15, 0.2) is 53.7 Å². The summed E-state index contributed by atoms with van der Waals surface area (Å²) < 4.78 is 31.4. The van der Waals surface area contributed by atoms with Crippen molar-refractivity contribution in [2.45, 2.75) is 69.9 Å². The first kappa shape index (κ1) is 27.3. The number of aromatic nitrogens is 4. The third kappa shape index (κ3) is 4.76. The molecule has 0 amide bonds. The molecule has 1 N–H and O–H groups in total. The van der Waals surface area contributed by atoms with Crippen molar-refractivity contribution in [2.24, 2.45) is 0 Å². The first-order chi connectivity index (χ1) is 19.7. The van der Waals surface area contributed by atoms with E-state index in [9.17, 15) is 18.3 Å². The summed E-state index contributed by atoms with van der Waals surface area (Å²) in [6.07, 6.45) is 6.09. The highest BCUT2D eigenvalue weighted by molar-refractivity contribution is 7.89. The molecule has 5 heterocycles. The van der Waals surface area contributed by atoms with E-state index in [-0.39, 0.29) is 23.9 Å². The van der Waals surface area contributed by atoms with Crippen molar-refractivity contribution >= 4 is 27.5 Å². The van der Waals surface area contributed by atoms with E-state index >= 15 is 0 Å². The number of rotatable bonds is 7. The number of carbonyl (C=O) groups is 1. The second-order valence-electron chi connectivity index (χ2n) is 11.0. The van der Waals surface area contributed by atoms with Gasteiger partial charge in [0.1, 0.15) is 16.5 Å². The quantitative estimate of drug-likeness (QED) is 0.351. The third-order valence-electron chi connectivity index (χ3n) is 8.56. The number of sulfonamides is 1. The van der Waals surface area contributed by atoms with Crippen LogP contribution in [0.1, 0.15) is 65.7 Å². The number of pyridine rings is 2. The largest absolute Gasteiger partial charge is 0.481 e. The van der Waals surface area contributed by atoms with Crippen LogP contribution in [-0.4, -0.2) is 62.5 Å². The topological polar surface area (TPSA) is 121 Å². The predicted molar refractivity (Wildman–Crippen MR) is 155 cm³/mol. The standard InChI is InChI=1S/C30H34N6O4S/c1-4-27-32-33-29-20(3)24(11-14-36(27)29)25(16-28(37)38)21-10-9-19(2)22(15-21)17-34-18-23-7-6-13-35(23)30-26(41(34,39)40)8-5-12-31-30/h5,8-12,14-15,23,25H,4,6-7,13,16-18H2,1-3H3,(H,37,38)/t23-,25?/m1/s1. The summed E-state index contributed by atoms with van der Waals surface area (Å²) in [7, 11) is -3.79. The SMILES string of the molecule is CCc1nnc2c(C)c(C(CC(=O)O)c3ccc(C)c(CN4C[C@H]5CCCN5c5ncccc5S4(=O)=O)c3)ccn12. The molecular formula is C30H34N6O4S. The maximum absolute atomic E-state index is 13.9. The number of hydrogen-bond donors (Lipinski definition) is 1. The molecule has 2 aliphatic rings. The predicted octanol–water partition coefficient (Wildman–Crippen LogP) is 4.08. The Morgan fingerprint density at radius 3 is 2.78 bits per heavy atom. The van der Waals surface area contributed by atoms with Gasteiger partial charge in [-0.25, -0.2) is 13.4 Å². The lowest BCUT2D eigenvalue weighted by Crippen LogP contribution is -2.39. The summed E-state index contributed by atoms with van der Waals surface area (Å²) >= 11 is 0. The summed E-state index contributed by atoms with van der Waals surface area (Å²) in [4.78, 5) is 18.9. The van der Waals surface area contributed by atoms with Crippen LogP contribution in [0, 0.1) is 13.8 Å². The molecule has 214 valence electrons. The molecule has 41 heavy (non-hydrogen) atoms. The lowest BCUT2D eigenvalue weighted by atomic mass is 9.85. The number of aryl methyl sites for hydroxylation is 3. The van der Waals surface area contributed by atoms with Gasteiger partial charge in [-0.05, 0) is 72.7 Å². The molecular weight excluding hydrogens is 540 g/mol. The normalized spacial score (nSPS) is 19.1. The van der Waals surface area contributed by atoms with Crippen molar-refractivity contribution in [2.75, 3.05) is 18.0 Å². The zero-order chi connectivity index (χ0) is 28.9. The molecule has 10 nitrogen and oxygen atoms in total. The van der Waals surface area contributed by atoms with Gasteiger partial charge in [0.25, 0.3) is 0 Å². The smallest absolute Gasteiger partial charge is 0.304 e. The van der Waals surface area contributed by atoms with Gasteiger partial charge in [-0.3, -0.25) is 9.20 Å². The highest BCUT2D eigenvalue weighted by Gasteiger charge is 2.40. The molecule has 0 saturated carbocycles. The summed E-state index contributed by atoms with van der Waals surface area (Å²) in [5.41, 5.74) is 5.10. The number of carboxylic acid groups (broad SMARTS) is 1. The van der Waals surface area contributed by atoms with E-state index in [2.05, 4.69) is 20.1 Å². The number of carboxylic acids is 1. The van der Waals surface area contributed by atoms with Gasteiger partial charge in [0.15, 0.2) is 5.65 Å². The Hall–Kier alpha value is -3.83. The van der Waals surface area contributed by atoms with Crippen molar-refractivity contribution in [3.63, 3.8) is 0 Å². The fraction of sp³-hybridized carbons (Fsp3) is 0.400. The van der Waals surface area contributed by atoms with E-state index in [1.54, 1.807) is 22.6 Å². The van der Waals surface area contributed by atoms with Crippen LogP contribution in [0.25, 0.3) is 5.65 Å². The summed E-state index contributed by atoms with van der Waals surface area (Å²) in [6, 6.07) is 11.2. The van der Waals surface area contributed by atoms with Crippen molar-refractivity contribution in [3.8, 4) is 0 Å². The van der Waals surface area contributed by atoms with Crippen LogP contribution in [0.5, 0.6) is 0 Å². The second-order valence-corrected chi connectivity index (χ2v) is 12.9. The number of nitrogens with zero attached hydrogens (tertiary/aromatic N) is 6. The highest BCUT2D eigenvalue weighted by atomic mass is 32.2. The fourth-order valence-electron chi connectivity index (χ4n) is 6.34. The van der Waals surface area contributed by atoms with Crippen LogP contribution in [0.4, 0.5) is 5.82 Å². The maximum Gasteiger partial charge on any atom is 0.304 e. The number of hydrogen-bond acceptors (Lipinski definition) is 7. The summed E-state index contributed by atoms with van der Waals surface area (Å²) in [6.45, 7) is 7.30. The molecule has 2 aliphatic heterocycles. The molecule has 0 spiro atoms. The molecule has 0 aliphatic carbocycles. The Morgan fingerprint density at radius 2 is 2.00 bits per heavy atom. The molecule has 3 aromatic heterocycles. The Bertz CT molecular complexity index is 1750. The Balaban J connectivity index is 1.40. The zero-order valence-corrected chi connectivity index (χ0v) is 24.3. The van der Waals surface area contributed by atoms with Crippen molar-refractivity contribution in [1.82, 2.24) is 23.9 Å². The van der Waals surface area contributed by atoms with E-state index in [1.165, 1.54) is 0 Å². The van der Waals surface area contributed by atoms with Gasteiger partial charge < -0.3 is 10.0 Å². The molecule has 2 atom stereocenters. The highest BCUT2D eigenvalue weighted by Crippen LogP contribution is 2.37. The van der Waals surface area contributed by atoms with Gasteiger partial charge in [0.05, 0.1) is 6.42 Å². The van der Waals surface area contributed by atoms with E-state index in [0.717, 1.165) is 59.4 Å². The van der Waals surface area contributed by atoms with Crippen LogP contribution < -0.4 is 4.90 Å². The molecule has 11 heteroatoms. The lowest BCUT2D eigenvalue weighted by molar-refractivity contribution is -0.137. The van der Waals surface area contributed by atoms with Gasteiger partial charge in [0.2, 0.25) is 10.0 Å². The minimum absolute atomic E-state index is 0.0646. The second kappa shape index (κ2) is 10.5. The Labute approximate surface area is 239 Å². The maximum atomic E-state index is 13.9. The van der Waals surface area contributed by atoms with Crippen molar-refractivity contribution < 1.29 is 18.3 Å². The number of fused-ring (bicyclic) bond motifs is 4. The van der Waals surface area contributed by atoms with Gasteiger partial charge >= 0.3 is 5.97 Å². The fourth-order valence-corrected chi connectivity index (χ4v) is 7.95. The number of aliphatic carboxylic acids is 1. The Kier molecular flexibility index (Phi) is 7.03. The summed E-state index contributed by atoms with van der Waals surface area (Å²) in [5, 5.41) is 18.5. The van der Waals surface area contributed by atoms with E-state index < -0.39 is 21.9 Å². The number of anilines is 1. The molecule has 4 aromatic rings. The molecule has 1 unspecified atom stereocenters. The molecule has 1 fully saturated rings. The van der Waals surface area contributed by atoms with E-state index in [0.29, 0.717) is 18.0 Å². The van der Waals surface area contributed by atoms with Crippen LogP contribution in [0.2, 0.25) is 0 Å². The minimum Gasteiger partial charge on any atom is -0.481 e. The molecule has 1 saturated heterocycles. The molecule has 0 bridgehead atoms. The van der Waals surface area contributed by atoms with Gasteiger partial charge in [-0.15, -0.1) is 10.2 Å². The van der Waals surface area contributed by atoms with E-state index in [1.807, 2.05) is 55.6 Å². The monoisotopic (exact) mass is 574 g/mol. The molecule has 1 aromatic carbocycles. The van der Waals surface area contributed by atoms with Crippen molar-refractivity contribution in [1.29, 1.82) is 0 Å². The molecule has 6 rings (SSSR count). The summed E-state index contributed by atoms with van der Waals surface area (Å²) in [5.74, 6) is 0.0376. The Morgan fingerprint density at radius 1 is 1.17 bits per heavy atom. The first-order valence-corrected chi connectivity index (χ1v) is 15.5. The minimum atomic E-state index is -3.79. The van der Waals surface area contributed by atoms with Gasteiger partial charge in [-0.2, -0.15) is 4.31 Å². The third-order valence-corrected chi connectivity index (χ3v) is 10.4. The van der Waals surface area contributed by atoms with Crippen LogP contribution >= 0.6 is 0 Å². The van der Waals surface area contributed by atoms with Crippen LogP contribution in [-0.2, 0) is 27.8 Å².